The van der Waals surface area contributed by atoms with Gasteiger partial charge in [0.05, 0.1) is 0 Å². The molecule has 0 aliphatic heterocycles. The Morgan fingerprint density at radius 3 is 2.42 bits per heavy atom. The zero-order chi connectivity index (χ0) is 9.56. The number of carbonyl (C=O) groups is 1. The molecule has 0 saturated carbocycles. The smallest absolute Gasteiger partial charge is 0.240 e. The van der Waals surface area contributed by atoms with Crippen molar-refractivity contribution in [3.63, 3.8) is 0 Å². The zero-order valence-corrected chi connectivity index (χ0v) is 8.29. The average Bonchev–Trinajstić information content (AvgIpc) is 1.84. The molecule has 1 N–H and O–H groups in total. The summed E-state index contributed by atoms with van der Waals surface area (Å²) in [6.07, 6.45) is 2.26. The van der Waals surface area contributed by atoms with Crippen LogP contribution in [0.4, 0.5) is 0 Å². The second-order valence-corrected chi connectivity index (χ2v) is 3.66. The highest BCUT2D eigenvalue weighted by Crippen LogP contribution is 1.97. The number of hydrogen-bond donors (Lipinski definition) is 1. The molecule has 0 heterocycles. The predicted octanol–water partition coefficient (Wildman–Crippen LogP) is 1.79. The van der Waals surface area contributed by atoms with Crippen molar-refractivity contribution in [2.24, 2.45) is 16.9 Å². The van der Waals surface area contributed by atoms with Gasteiger partial charge in [0.25, 0.3) is 0 Å². The van der Waals surface area contributed by atoms with E-state index in [9.17, 15) is 4.79 Å². The molecule has 0 unspecified atom stereocenters. The van der Waals surface area contributed by atoms with Crippen LogP contribution in [-0.4, -0.2) is 12.1 Å². The maximum absolute atomic E-state index is 11.0. The summed E-state index contributed by atoms with van der Waals surface area (Å²) in [5.74, 6) is 0.755. The molecule has 1 amide bonds. The van der Waals surface area contributed by atoms with Gasteiger partial charge < -0.3 is 0 Å². The van der Waals surface area contributed by atoms with Crippen molar-refractivity contribution in [1.82, 2.24) is 5.43 Å². The number of nitrogens with one attached hydrogen (secondary N) is 1. The Morgan fingerprint density at radius 2 is 2.00 bits per heavy atom. The van der Waals surface area contributed by atoms with Gasteiger partial charge in [-0.05, 0) is 11.8 Å². The first-order valence-corrected chi connectivity index (χ1v) is 4.34. The van der Waals surface area contributed by atoms with E-state index in [0.717, 1.165) is 0 Å². The lowest BCUT2D eigenvalue weighted by molar-refractivity contribution is -0.121. The molecule has 70 valence electrons. The fraction of sp³-hybridized carbons (Fsp3) is 0.778. The van der Waals surface area contributed by atoms with Crippen LogP contribution in [0.25, 0.3) is 0 Å². The van der Waals surface area contributed by atoms with E-state index in [-0.39, 0.29) is 5.91 Å². The number of nitrogens with zero attached hydrogens (tertiary/aromatic N) is 1. The molecule has 0 aliphatic rings. The molecule has 0 aromatic heterocycles. The third kappa shape index (κ3) is 7.25. The lowest BCUT2D eigenvalue weighted by atomic mass is 10.1. The van der Waals surface area contributed by atoms with Gasteiger partial charge >= 0.3 is 0 Å². The van der Waals surface area contributed by atoms with Gasteiger partial charge in [-0.3, -0.25) is 4.79 Å². The fourth-order valence-electron chi connectivity index (χ4n) is 0.675. The molecule has 0 aliphatic carbocycles. The van der Waals surface area contributed by atoms with Crippen molar-refractivity contribution in [2.75, 3.05) is 0 Å². The van der Waals surface area contributed by atoms with Crippen LogP contribution < -0.4 is 5.43 Å². The number of carbonyl (C=O) groups excluding carboxylic acids is 1. The highest BCUT2D eigenvalue weighted by atomic mass is 16.2. The quantitative estimate of drug-likeness (QED) is 0.507. The van der Waals surface area contributed by atoms with E-state index in [2.05, 4.69) is 10.5 Å². The van der Waals surface area contributed by atoms with E-state index in [4.69, 9.17) is 0 Å². The Bertz CT molecular complexity index is 162. The van der Waals surface area contributed by atoms with E-state index in [0.29, 0.717) is 18.3 Å². The monoisotopic (exact) mass is 170 g/mol. The highest BCUT2D eigenvalue weighted by Gasteiger charge is 2.01. The lowest BCUT2D eigenvalue weighted by Gasteiger charge is -2.02. The zero-order valence-electron chi connectivity index (χ0n) is 8.29. The Kier molecular flexibility index (Phi) is 5.34. The summed E-state index contributed by atoms with van der Waals surface area (Å²) in [6, 6.07) is 0. The van der Waals surface area contributed by atoms with Gasteiger partial charge in [0, 0.05) is 12.6 Å². The van der Waals surface area contributed by atoms with Crippen molar-refractivity contribution in [3.05, 3.63) is 0 Å². The summed E-state index contributed by atoms with van der Waals surface area (Å²) in [4.78, 5) is 11.0. The minimum Gasteiger partial charge on any atom is -0.273 e. The number of hydrogen-bond acceptors (Lipinski definition) is 2. The molecular formula is C9H18N2O. The SMILES string of the molecule is CC(C)/C=N/NC(=O)CC(C)C. The van der Waals surface area contributed by atoms with Gasteiger partial charge in [0.15, 0.2) is 0 Å². The van der Waals surface area contributed by atoms with Crippen molar-refractivity contribution >= 4 is 12.1 Å². The van der Waals surface area contributed by atoms with Gasteiger partial charge in [-0.1, -0.05) is 27.7 Å². The molecular weight excluding hydrogens is 152 g/mol. The molecule has 0 aromatic rings. The standard InChI is InChI=1S/C9H18N2O/c1-7(2)5-9(12)11-10-6-8(3)4/h6-8H,5H2,1-4H3,(H,11,12)/b10-6+. The van der Waals surface area contributed by atoms with Crippen molar-refractivity contribution in [3.8, 4) is 0 Å². The van der Waals surface area contributed by atoms with E-state index < -0.39 is 0 Å². The van der Waals surface area contributed by atoms with Crippen LogP contribution in [0.2, 0.25) is 0 Å². The lowest BCUT2D eigenvalue weighted by Crippen LogP contribution is -2.19. The largest absolute Gasteiger partial charge is 0.273 e. The minimum atomic E-state index is -0.0121. The van der Waals surface area contributed by atoms with Crippen LogP contribution in [0.5, 0.6) is 0 Å². The molecule has 0 radical (unpaired) electrons. The van der Waals surface area contributed by atoms with Gasteiger partial charge in [-0.2, -0.15) is 5.10 Å². The fourth-order valence-corrected chi connectivity index (χ4v) is 0.675. The van der Waals surface area contributed by atoms with Gasteiger partial charge in [-0.25, -0.2) is 5.43 Å². The van der Waals surface area contributed by atoms with Crippen molar-refractivity contribution in [2.45, 2.75) is 34.1 Å². The summed E-state index contributed by atoms with van der Waals surface area (Å²) in [7, 11) is 0. The number of amides is 1. The van der Waals surface area contributed by atoms with E-state index in [1.165, 1.54) is 0 Å². The Hall–Kier alpha value is -0.860. The summed E-state index contributed by atoms with van der Waals surface area (Å²) in [6.45, 7) is 8.04. The van der Waals surface area contributed by atoms with Crippen molar-refractivity contribution in [1.29, 1.82) is 0 Å². The molecule has 0 aromatic carbocycles. The molecule has 0 bridgehead atoms. The van der Waals surface area contributed by atoms with E-state index in [1.54, 1.807) is 6.21 Å². The first-order chi connectivity index (χ1) is 5.52. The van der Waals surface area contributed by atoms with Gasteiger partial charge in [0.2, 0.25) is 5.91 Å². The average molecular weight is 170 g/mol. The normalized spacial score (nSPS) is 11.5. The van der Waals surface area contributed by atoms with Crippen LogP contribution in [0.1, 0.15) is 34.1 Å². The maximum atomic E-state index is 11.0. The molecule has 0 atom stereocenters. The third-order valence-corrected chi connectivity index (χ3v) is 1.16. The molecule has 3 heteroatoms. The highest BCUT2D eigenvalue weighted by molar-refractivity contribution is 5.76. The Labute approximate surface area is 74.2 Å². The van der Waals surface area contributed by atoms with Gasteiger partial charge in [0.1, 0.15) is 0 Å². The second kappa shape index (κ2) is 5.75. The van der Waals surface area contributed by atoms with Crippen LogP contribution in [0.15, 0.2) is 5.10 Å². The Balaban J connectivity index is 3.57. The Morgan fingerprint density at radius 1 is 1.42 bits per heavy atom. The summed E-state index contributed by atoms with van der Waals surface area (Å²) >= 11 is 0. The third-order valence-electron chi connectivity index (χ3n) is 1.16. The van der Waals surface area contributed by atoms with E-state index >= 15 is 0 Å². The molecule has 12 heavy (non-hydrogen) atoms. The first kappa shape index (κ1) is 11.1. The maximum Gasteiger partial charge on any atom is 0.240 e. The van der Waals surface area contributed by atoms with Gasteiger partial charge in [-0.15, -0.1) is 0 Å². The molecule has 0 saturated heterocycles. The van der Waals surface area contributed by atoms with Crippen LogP contribution in [-0.2, 0) is 4.79 Å². The molecule has 0 spiro atoms. The van der Waals surface area contributed by atoms with Crippen LogP contribution in [0.3, 0.4) is 0 Å². The molecule has 3 nitrogen and oxygen atoms in total. The molecule has 0 rings (SSSR count). The summed E-state index contributed by atoms with van der Waals surface area (Å²) in [5, 5.41) is 3.80. The van der Waals surface area contributed by atoms with Crippen LogP contribution >= 0.6 is 0 Å². The topological polar surface area (TPSA) is 41.5 Å². The first-order valence-electron chi connectivity index (χ1n) is 4.34. The summed E-state index contributed by atoms with van der Waals surface area (Å²) < 4.78 is 0. The number of rotatable bonds is 4. The number of hydrazone groups is 1. The predicted molar refractivity (Wildman–Crippen MR) is 50.9 cm³/mol. The second-order valence-electron chi connectivity index (χ2n) is 3.66. The minimum absolute atomic E-state index is 0.0121. The molecule has 0 fully saturated rings. The van der Waals surface area contributed by atoms with Crippen LogP contribution in [0, 0.1) is 11.8 Å². The van der Waals surface area contributed by atoms with E-state index in [1.807, 2.05) is 27.7 Å². The summed E-state index contributed by atoms with van der Waals surface area (Å²) in [5.41, 5.74) is 2.48. The van der Waals surface area contributed by atoms with Crippen molar-refractivity contribution < 1.29 is 4.79 Å².